The fourth-order valence-corrected chi connectivity index (χ4v) is 3.41. The third-order valence-corrected chi connectivity index (χ3v) is 4.70. The number of ether oxygens (including phenoxy) is 1. The molecular formula is C20H19F2NO3. The van der Waals surface area contributed by atoms with Crippen LogP contribution in [0, 0.1) is 11.6 Å². The van der Waals surface area contributed by atoms with Gasteiger partial charge < -0.3 is 10.1 Å². The molecule has 0 radical (unpaired) electrons. The van der Waals surface area contributed by atoms with E-state index in [1.165, 1.54) is 30.3 Å². The molecule has 136 valence electrons. The van der Waals surface area contributed by atoms with E-state index in [4.69, 9.17) is 4.74 Å². The van der Waals surface area contributed by atoms with Crippen molar-refractivity contribution in [3.63, 3.8) is 0 Å². The van der Waals surface area contributed by atoms with Gasteiger partial charge in [0.05, 0.1) is 5.41 Å². The molecule has 3 rings (SSSR count). The lowest BCUT2D eigenvalue weighted by Gasteiger charge is -2.27. The molecule has 26 heavy (non-hydrogen) atoms. The number of hydrogen-bond donors (Lipinski definition) is 1. The predicted molar refractivity (Wildman–Crippen MR) is 92.5 cm³/mol. The van der Waals surface area contributed by atoms with Gasteiger partial charge in [0.25, 0.3) is 5.91 Å². The van der Waals surface area contributed by atoms with E-state index >= 15 is 0 Å². The highest BCUT2D eigenvalue weighted by Crippen LogP contribution is 2.43. The summed E-state index contributed by atoms with van der Waals surface area (Å²) in [7, 11) is 0. The number of amides is 1. The maximum absolute atomic E-state index is 14.2. The van der Waals surface area contributed by atoms with Crippen LogP contribution in [0.1, 0.15) is 31.2 Å². The number of carbonyl (C=O) groups excluding carboxylic acids is 2. The number of halogens is 2. The van der Waals surface area contributed by atoms with Gasteiger partial charge in [0.15, 0.2) is 6.61 Å². The van der Waals surface area contributed by atoms with Crippen molar-refractivity contribution in [3.05, 3.63) is 65.7 Å². The zero-order chi connectivity index (χ0) is 18.6. The average Bonchev–Trinajstić information content (AvgIpc) is 3.13. The monoisotopic (exact) mass is 359 g/mol. The van der Waals surface area contributed by atoms with Crippen LogP contribution in [0.2, 0.25) is 0 Å². The fraction of sp³-hybridized carbons (Fsp3) is 0.300. The lowest BCUT2D eigenvalue weighted by atomic mass is 9.78. The Kier molecular flexibility index (Phi) is 5.30. The van der Waals surface area contributed by atoms with E-state index in [1.54, 1.807) is 18.2 Å². The Morgan fingerprint density at radius 1 is 1.00 bits per heavy atom. The summed E-state index contributed by atoms with van der Waals surface area (Å²) in [6, 6.07) is 11.4. The van der Waals surface area contributed by atoms with Crippen molar-refractivity contribution in [2.45, 2.75) is 31.1 Å². The molecule has 1 fully saturated rings. The molecule has 1 N–H and O–H groups in total. The van der Waals surface area contributed by atoms with Gasteiger partial charge in [0, 0.05) is 11.3 Å². The average molecular weight is 359 g/mol. The highest BCUT2D eigenvalue weighted by Gasteiger charge is 2.45. The van der Waals surface area contributed by atoms with Crippen LogP contribution in [-0.4, -0.2) is 18.5 Å². The zero-order valence-electron chi connectivity index (χ0n) is 14.1. The first kappa shape index (κ1) is 18.0. The standard InChI is InChI=1S/C20H19F2NO3/c21-14-7-9-15(10-8-14)23-18(24)13-26-19(25)20(11-3-4-12-20)16-5-1-2-6-17(16)22/h1-2,5-10H,3-4,11-13H2,(H,23,24). The maximum atomic E-state index is 14.2. The summed E-state index contributed by atoms with van der Waals surface area (Å²) in [6.07, 6.45) is 2.58. The molecule has 1 aliphatic carbocycles. The zero-order valence-corrected chi connectivity index (χ0v) is 14.1. The Balaban J connectivity index is 1.66. The van der Waals surface area contributed by atoms with Gasteiger partial charge in [-0.1, -0.05) is 31.0 Å². The number of benzene rings is 2. The molecule has 6 heteroatoms. The van der Waals surface area contributed by atoms with Gasteiger partial charge in [0.2, 0.25) is 0 Å². The first-order chi connectivity index (χ1) is 12.5. The highest BCUT2D eigenvalue weighted by atomic mass is 19.1. The minimum absolute atomic E-state index is 0.321. The van der Waals surface area contributed by atoms with Gasteiger partial charge in [-0.3, -0.25) is 9.59 Å². The van der Waals surface area contributed by atoms with Crippen molar-refractivity contribution in [2.75, 3.05) is 11.9 Å². The molecule has 1 saturated carbocycles. The predicted octanol–water partition coefficient (Wildman–Crippen LogP) is 3.96. The number of anilines is 1. The summed E-state index contributed by atoms with van der Waals surface area (Å²) >= 11 is 0. The molecular weight excluding hydrogens is 340 g/mol. The van der Waals surface area contributed by atoms with E-state index in [1.807, 2.05) is 0 Å². The van der Waals surface area contributed by atoms with Gasteiger partial charge in [-0.2, -0.15) is 0 Å². The second-order valence-electron chi connectivity index (χ2n) is 6.40. The molecule has 0 bridgehead atoms. The Labute approximate surface area is 150 Å². The summed E-state index contributed by atoms with van der Waals surface area (Å²) < 4.78 is 32.3. The van der Waals surface area contributed by atoms with Crippen molar-refractivity contribution in [1.82, 2.24) is 0 Å². The molecule has 0 aliphatic heterocycles. The van der Waals surface area contributed by atoms with Gasteiger partial charge in [0.1, 0.15) is 11.6 Å². The molecule has 0 unspecified atom stereocenters. The number of nitrogens with one attached hydrogen (secondary N) is 1. The molecule has 1 aliphatic rings. The molecule has 1 amide bonds. The van der Waals surface area contributed by atoms with Crippen LogP contribution in [0.5, 0.6) is 0 Å². The van der Waals surface area contributed by atoms with Crippen LogP contribution < -0.4 is 5.32 Å². The molecule has 0 saturated heterocycles. The number of carbonyl (C=O) groups is 2. The SMILES string of the molecule is O=C(COC(=O)C1(c2ccccc2F)CCCC1)Nc1ccc(F)cc1. The molecule has 0 heterocycles. The molecule has 0 spiro atoms. The molecule has 2 aromatic rings. The number of rotatable bonds is 5. The molecule has 4 nitrogen and oxygen atoms in total. The van der Waals surface area contributed by atoms with Crippen LogP contribution in [0.25, 0.3) is 0 Å². The van der Waals surface area contributed by atoms with Crippen LogP contribution >= 0.6 is 0 Å². The van der Waals surface area contributed by atoms with Gasteiger partial charge in [-0.15, -0.1) is 0 Å². The number of esters is 1. The van der Waals surface area contributed by atoms with Crippen molar-refractivity contribution in [3.8, 4) is 0 Å². The van der Waals surface area contributed by atoms with Crippen molar-refractivity contribution < 1.29 is 23.1 Å². The van der Waals surface area contributed by atoms with E-state index in [0.29, 0.717) is 24.1 Å². The first-order valence-corrected chi connectivity index (χ1v) is 8.49. The topological polar surface area (TPSA) is 55.4 Å². The molecule has 0 aromatic heterocycles. The third-order valence-electron chi connectivity index (χ3n) is 4.70. The quantitative estimate of drug-likeness (QED) is 0.822. The second-order valence-corrected chi connectivity index (χ2v) is 6.40. The van der Waals surface area contributed by atoms with Crippen LogP contribution in [0.3, 0.4) is 0 Å². The fourth-order valence-electron chi connectivity index (χ4n) is 3.41. The Hall–Kier alpha value is -2.76. The first-order valence-electron chi connectivity index (χ1n) is 8.49. The van der Waals surface area contributed by atoms with Crippen molar-refractivity contribution in [1.29, 1.82) is 0 Å². The Morgan fingerprint density at radius 3 is 2.31 bits per heavy atom. The van der Waals surface area contributed by atoms with E-state index in [-0.39, 0.29) is 0 Å². The van der Waals surface area contributed by atoms with E-state index in [2.05, 4.69) is 5.32 Å². The van der Waals surface area contributed by atoms with E-state index in [9.17, 15) is 18.4 Å². The van der Waals surface area contributed by atoms with Crippen molar-refractivity contribution in [2.24, 2.45) is 0 Å². The van der Waals surface area contributed by atoms with Crippen LogP contribution in [0.15, 0.2) is 48.5 Å². The second kappa shape index (κ2) is 7.64. The summed E-state index contributed by atoms with van der Waals surface area (Å²) in [4.78, 5) is 24.7. The largest absolute Gasteiger partial charge is 0.455 e. The van der Waals surface area contributed by atoms with Crippen LogP contribution in [-0.2, 0) is 19.7 Å². The lowest BCUT2D eigenvalue weighted by Crippen LogP contribution is -2.37. The summed E-state index contributed by atoms with van der Waals surface area (Å²) in [5.74, 6) is -1.98. The molecule has 0 atom stereocenters. The Morgan fingerprint density at radius 2 is 1.65 bits per heavy atom. The maximum Gasteiger partial charge on any atom is 0.317 e. The summed E-state index contributed by atoms with van der Waals surface area (Å²) in [5, 5.41) is 2.52. The van der Waals surface area contributed by atoms with Crippen molar-refractivity contribution >= 4 is 17.6 Å². The highest BCUT2D eigenvalue weighted by molar-refractivity contribution is 5.93. The third kappa shape index (κ3) is 3.74. The minimum atomic E-state index is -1.04. The van der Waals surface area contributed by atoms with Gasteiger partial charge in [-0.25, -0.2) is 8.78 Å². The van der Waals surface area contributed by atoms with Gasteiger partial charge >= 0.3 is 5.97 Å². The smallest absolute Gasteiger partial charge is 0.317 e. The normalized spacial score (nSPS) is 15.5. The summed E-state index contributed by atoms with van der Waals surface area (Å²) in [6.45, 7) is -0.480. The number of hydrogen-bond acceptors (Lipinski definition) is 3. The van der Waals surface area contributed by atoms with Crippen LogP contribution in [0.4, 0.5) is 14.5 Å². The lowest BCUT2D eigenvalue weighted by molar-refractivity contribution is -0.153. The van der Waals surface area contributed by atoms with E-state index < -0.39 is 35.5 Å². The minimum Gasteiger partial charge on any atom is -0.455 e. The summed E-state index contributed by atoms with van der Waals surface area (Å²) in [5.41, 5.74) is -0.319. The Bertz CT molecular complexity index is 799. The molecule has 2 aromatic carbocycles. The van der Waals surface area contributed by atoms with Gasteiger partial charge in [-0.05, 0) is 43.2 Å². The van der Waals surface area contributed by atoms with E-state index in [0.717, 1.165) is 12.8 Å².